The zero-order valence-electron chi connectivity index (χ0n) is 29.1. The van der Waals surface area contributed by atoms with E-state index in [1.807, 2.05) is 18.2 Å². The number of hydrogen-bond donors (Lipinski definition) is 0. The molecule has 0 unspecified atom stereocenters. The highest BCUT2D eigenvalue weighted by molar-refractivity contribution is 6.13. The van der Waals surface area contributed by atoms with Crippen molar-refractivity contribution in [2.45, 2.75) is 0 Å². The molecule has 0 saturated heterocycles. The van der Waals surface area contributed by atoms with Gasteiger partial charge in [-0.25, -0.2) is 0 Å². The van der Waals surface area contributed by atoms with Crippen molar-refractivity contribution in [2.75, 3.05) is 0 Å². The van der Waals surface area contributed by atoms with Crippen molar-refractivity contribution in [1.82, 2.24) is 9.13 Å². The van der Waals surface area contributed by atoms with Gasteiger partial charge in [0.25, 0.3) is 0 Å². The maximum Gasteiger partial charge on any atom is 0.0998 e. The van der Waals surface area contributed by atoms with Crippen LogP contribution in [0.1, 0.15) is 11.1 Å². The number of nitrogens with zero attached hydrogens (tertiary/aromatic N) is 4. The molecule has 10 rings (SSSR count). The first-order valence-electron chi connectivity index (χ1n) is 18.0. The van der Waals surface area contributed by atoms with E-state index in [9.17, 15) is 10.5 Å². The fraction of sp³-hybridized carbons (Fsp3) is 0. The molecule has 250 valence electrons. The zero-order valence-corrected chi connectivity index (χ0v) is 29.1. The number of rotatable bonds is 5. The molecule has 10 aromatic rings. The predicted octanol–water partition coefficient (Wildman–Crippen LogP) is 12.6. The first-order valence-corrected chi connectivity index (χ1v) is 18.0. The zero-order chi connectivity index (χ0) is 36.2. The lowest BCUT2D eigenvalue weighted by Crippen LogP contribution is -2.02. The van der Waals surface area contributed by atoms with Gasteiger partial charge in [-0.1, -0.05) is 115 Å². The van der Waals surface area contributed by atoms with E-state index in [-0.39, 0.29) is 0 Å². The summed E-state index contributed by atoms with van der Waals surface area (Å²) in [6, 6.07) is 67.9. The molecule has 0 amide bonds. The second-order valence-corrected chi connectivity index (χ2v) is 13.6. The lowest BCUT2D eigenvalue weighted by molar-refractivity contribution is 1.17. The maximum absolute atomic E-state index is 10.2. The number of aromatic nitrogens is 2. The van der Waals surface area contributed by atoms with Gasteiger partial charge in [0.2, 0.25) is 0 Å². The summed E-state index contributed by atoms with van der Waals surface area (Å²) in [6.07, 6.45) is 0. The smallest absolute Gasteiger partial charge is 0.0998 e. The van der Waals surface area contributed by atoms with E-state index in [1.54, 1.807) is 12.1 Å². The Kier molecular flexibility index (Phi) is 7.22. The summed E-state index contributed by atoms with van der Waals surface area (Å²) in [6.45, 7) is 0. The average Bonchev–Trinajstić information content (AvgIpc) is 3.76. The molecule has 0 bridgehead atoms. The van der Waals surface area contributed by atoms with Gasteiger partial charge in [-0.3, -0.25) is 0 Å². The molecule has 0 fully saturated rings. The normalized spacial score (nSPS) is 11.3. The van der Waals surface area contributed by atoms with Crippen molar-refractivity contribution in [2.24, 2.45) is 0 Å². The maximum atomic E-state index is 10.2. The molecule has 0 radical (unpaired) electrons. The second kappa shape index (κ2) is 12.5. The van der Waals surface area contributed by atoms with Crippen molar-refractivity contribution in [1.29, 1.82) is 10.5 Å². The Balaban J connectivity index is 1.32. The highest BCUT2D eigenvalue weighted by atomic mass is 15.0. The van der Waals surface area contributed by atoms with Gasteiger partial charge in [-0.2, -0.15) is 10.5 Å². The van der Waals surface area contributed by atoms with Gasteiger partial charge in [-0.05, 0) is 83.4 Å². The standard InChI is InChI=1S/C50H30N4/c51-31-33-23-24-36(32-52)42(27-33)37-28-43(34-13-3-1-4-14-34)50(44(29-37)35-15-5-2-6-16-35)54-48-22-12-9-19-41(48)45-30-38(25-26-49(45)54)53-46-20-10-7-17-39(46)40-18-8-11-21-47(40)53/h1-30H. The molecule has 2 aromatic heterocycles. The molecule has 8 aromatic carbocycles. The van der Waals surface area contributed by atoms with Crippen molar-refractivity contribution < 1.29 is 0 Å². The predicted molar refractivity (Wildman–Crippen MR) is 221 cm³/mol. The number of para-hydroxylation sites is 3. The number of nitriles is 2. The first-order chi connectivity index (χ1) is 26.7. The fourth-order valence-electron chi connectivity index (χ4n) is 8.20. The topological polar surface area (TPSA) is 57.4 Å². The van der Waals surface area contributed by atoms with Gasteiger partial charge in [0.1, 0.15) is 0 Å². The highest BCUT2D eigenvalue weighted by Gasteiger charge is 2.23. The van der Waals surface area contributed by atoms with Crippen molar-refractivity contribution in [3.05, 3.63) is 193 Å². The molecule has 0 N–H and O–H groups in total. The van der Waals surface area contributed by atoms with E-state index in [1.165, 1.54) is 21.8 Å². The summed E-state index contributed by atoms with van der Waals surface area (Å²) in [5.74, 6) is 0. The molecule has 0 saturated carbocycles. The molecule has 0 aliphatic rings. The minimum Gasteiger partial charge on any atom is -0.309 e. The summed E-state index contributed by atoms with van der Waals surface area (Å²) in [5, 5.41) is 24.9. The van der Waals surface area contributed by atoms with E-state index in [0.717, 1.165) is 66.6 Å². The van der Waals surface area contributed by atoms with Gasteiger partial charge in [0.15, 0.2) is 0 Å². The van der Waals surface area contributed by atoms with Crippen LogP contribution in [-0.2, 0) is 0 Å². The summed E-state index contributed by atoms with van der Waals surface area (Å²) in [5.41, 5.74) is 13.5. The van der Waals surface area contributed by atoms with E-state index in [4.69, 9.17) is 0 Å². The molecular weight excluding hydrogens is 657 g/mol. The van der Waals surface area contributed by atoms with Crippen LogP contribution in [-0.4, -0.2) is 9.13 Å². The lowest BCUT2D eigenvalue weighted by Gasteiger charge is -2.21. The van der Waals surface area contributed by atoms with Crippen LogP contribution < -0.4 is 0 Å². The Labute approximate surface area is 312 Å². The van der Waals surface area contributed by atoms with Crippen LogP contribution in [0.5, 0.6) is 0 Å². The third-order valence-corrected chi connectivity index (χ3v) is 10.6. The van der Waals surface area contributed by atoms with Gasteiger partial charge in [0.05, 0.1) is 51.0 Å². The first kappa shape index (κ1) is 31.1. The Morgan fingerprint density at radius 1 is 0.352 bits per heavy atom. The number of benzene rings is 8. The van der Waals surface area contributed by atoms with Gasteiger partial charge >= 0.3 is 0 Å². The molecule has 2 heterocycles. The summed E-state index contributed by atoms with van der Waals surface area (Å²) in [4.78, 5) is 0. The molecule has 54 heavy (non-hydrogen) atoms. The van der Waals surface area contributed by atoms with Crippen LogP contribution >= 0.6 is 0 Å². The van der Waals surface area contributed by atoms with Crippen LogP contribution in [0, 0.1) is 22.7 Å². The molecular formula is C50H30N4. The number of fused-ring (bicyclic) bond motifs is 6. The molecule has 0 aliphatic carbocycles. The molecule has 0 spiro atoms. The Morgan fingerprint density at radius 2 is 0.852 bits per heavy atom. The van der Waals surface area contributed by atoms with E-state index in [0.29, 0.717) is 11.1 Å². The van der Waals surface area contributed by atoms with Gasteiger partial charge in [0, 0.05) is 43.9 Å². The molecule has 4 heteroatoms. The Bertz CT molecular complexity index is 3060. The van der Waals surface area contributed by atoms with Crippen molar-refractivity contribution in [3.8, 4) is 56.9 Å². The largest absolute Gasteiger partial charge is 0.309 e. The van der Waals surface area contributed by atoms with E-state index >= 15 is 0 Å². The van der Waals surface area contributed by atoms with Crippen LogP contribution in [0.25, 0.3) is 88.4 Å². The quantitative estimate of drug-likeness (QED) is 0.181. The van der Waals surface area contributed by atoms with Crippen LogP contribution in [0.15, 0.2) is 182 Å². The monoisotopic (exact) mass is 686 g/mol. The summed E-state index contributed by atoms with van der Waals surface area (Å²) < 4.78 is 4.78. The second-order valence-electron chi connectivity index (χ2n) is 13.6. The van der Waals surface area contributed by atoms with Crippen LogP contribution in [0.2, 0.25) is 0 Å². The summed E-state index contributed by atoms with van der Waals surface area (Å²) in [7, 11) is 0. The summed E-state index contributed by atoms with van der Waals surface area (Å²) >= 11 is 0. The van der Waals surface area contributed by atoms with Gasteiger partial charge < -0.3 is 9.13 Å². The third kappa shape index (κ3) is 4.83. The lowest BCUT2D eigenvalue weighted by atomic mass is 9.89. The van der Waals surface area contributed by atoms with Crippen LogP contribution in [0.3, 0.4) is 0 Å². The molecule has 4 nitrogen and oxygen atoms in total. The van der Waals surface area contributed by atoms with Crippen molar-refractivity contribution in [3.63, 3.8) is 0 Å². The Hall–Kier alpha value is -7.66. The van der Waals surface area contributed by atoms with E-state index in [2.05, 4.69) is 173 Å². The molecule has 0 atom stereocenters. The highest BCUT2D eigenvalue weighted by Crippen LogP contribution is 2.45. The van der Waals surface area contributed by atoms with Gasteiger partial charge in [-0.15, -0.1) is 0 Å². The number of hydrogen-bond acceptors (Lipinski definition) is 2. The Morgan fingerprint density at radius 3 is 1.41 bits per heavy atom. The third-order valence-electron chi connectivity index (χ3n) is 10.6. The minimum atomic E-state index is 0.511. The van der Waals surface area contributed by atoms with E-state index < -0.39 is 0 Å². The average molecular weight is 687 g/mol. The minimum absolute atomic E-state index is 0.511. The van der Waals surface area contributed by atoms with Crippen LogP contribution in [0.4, 0.5) is 0 Å². The SMILES string of the molecule is N#Cc1ccc(C#N)c(-c2cc(-c3ccccc3)c(-n3c4ccccc4c4cc(-n5c6ccccc6c6ccccc65)ccc43)c(-c3ccccc3)c2)c1. The van der Waals surface area contributed by atoms with Crippen molar-refractivity contribution >= 4 is 43.6 Å². The molecule has 0 aliphatic heterocycles. The fourth-order valence-corrected chi connectivity index (χ4v) is 8.20.